The van der Waals surface area contributed by atoms with Crippen LogP contribution in [-0.4, -0.2) is 22.7 Å². The Kier molecular flexibility index (Phi) is 2.39. The average Bonchev–Trinajstić information content (AvgIpc) is 2.62. The Morgan fingerprint density at radius 2 is 2.64 bits per heavy atom. The summed E-state index contributed by atoms with van der Waals surface area (Å²) in [4.78, 5) is 17.8. The van der Waals surface area contributed by atoms with Crippen molar-refractivity contribution < 1.29 is 9.53 Å². The number of hydrogen-bond donors (Lipinski definition) is 2. The van der Waals surface area contributed by atoms with Crippen LogP contribution in [0.15, 0.2) is 6.33 Å². The van der Waals surface area contributed by atoms with Crippen molar-refractivity contribution in [1.29, 1.82) is 0 Å². The molecule has 1 amide bonds. The minimum Gasteiger partial charge on any atom is -0.449 e. The van der Waals surface area contributed by atoms with Gasteiger partial charge in [-0.05, 0) is 19.3 Å². The van der Waals surface area contributed by atoms with E-state index in [1.165, 1.54) is 0 Å². The highest BCUT2D eigenvalue weighted by molar-refractivity contribution is 5.64. The van der Waals surface area contributed by atoms with Gasteiger partial charge < -0.3 is 15.5 Å². The highest BCUT2D eigenvalue weighted by atomic mass is 16.5. The second-order valence-electron chi connectivity index (χ2n) is 3.49. The normalized spacial score (nSPS) is 20.1. The van der Waals surface area contributed by atoms with E-state index in [1.807, 2.05) is 0 Å². The Bertz CT molecular complexity index is 335. The fraction of sp³-hybridized carbons (Fsp3) is 0.556. The fourth-order valence-electron chi connectivity index (χ4n) is 1.89. The van der Waals surface area contributed by atoms with Gasteiger partial charge in [-0.2, -0.15) is 0 Å². The van der Waals surface area contributed by atoms with Crippen molar-refractivity contribution in [3.8, 4) is 0 Å². The van der Waals surface area contributed by atoms with E-state index in [4.69, 9.17) is 10.5 Å². The van der Waals surface area contributed by atoms with Crippen LogP contribution in [0.3, 0.4) is 0 Å². The Balaban J connectivity index is 2.05. The first-order valence-corrected chi connectivity index (χ1v) is 4.71. The average molecular weight is 195 g/mol. The van der Waals surface area contributed by atoms with Crippen molar-refractivity contribution in [2.45, 2.75) is 25.2 Å². The molecule has 0 saturated heterocycles. The lowest BCUT2D eigenvalue weighted by Gasteiger charge is -2.20. The van der Waals surface area contributed by atoms with Gasteiger partial charge in [0.2, 0.25) is 0 Å². The molecule has 0 aliphatic heterocycles. The van der Waals surface area contributed by atoms with E-state index >= 15 is 0 Å². The minimum absolute atomic E-state index is 0.206. The molecule has 1 aliphatic rings. The number of primary amides is 1. The van der Waals surface area contributed by atoms with Crippen LogP contribution in [0.2, 0.25) is 0 Å². The molecule has 0 bridgehead atoms. The van der Waals surface area contributed by atoms with Gasteiger partial charge in [0.15, 0.2) is 0 Å². The number of carbonyl (C=O) groups excluding carboxylic acids is 1. The van der Waals surface area contributed by atoms with Gasteiger partial charge in [0.25, 0.3) is 0 Å². The van der Waals surface area contributed by atoms with Crippen molar-refractivity contribution in [1.82, 2.24) is 9.97 Å². The number of amides is 1. The van der Waals surface area contributed by atoms with Crippen molar-refractivity contribution in [3.63, 3.8) is 0 Å². The number of nitrogens with one attached hydrogen (secondary N) is 1. The van der Waals surface area contributed by atoms with E-state index in [9.17, 15) is 4.79 Å². The van der Waals surface area contributed by atoms with Crippen LogP contribution in [0.1, 0.15) is 30.1 Å². The van der Waals surface area contributed by atoms with Crippen molar-refractivity contribution in [2.24, 2.45) is 5.73 Å². The summed E-state index contributed by atoms with van der Waals surface area (Å²) in [6.07, 6.45) is 4.11. The molecule has 1 aliphatic carbocycles. The van der Waals surface area contributed by atoms with Gasteiger partial charge in [0, 0.05) is 11.6 Å². The first kappa shape index (κ1) is 9.05. The van der Waals surface area contributed by atoms with Gasteiger partial charge in [0.05, 0.1) is 12.0 Å². The Labute approximate surface area is 81.7 Å². The molecule has 5 heteroatoms. The molecule has 14 heavy (non-hydrogen) atoms. The van der Waals surface area contributed by atoms with Crippen molar-refractivity contribution in [3.05, 3.63) is 17.7 Å². The molecular weight excluding hydrogens is 182 g/mol. The van der Waals surface area contributed by atoms with Crippen LogP contribution >= 0.6 is 0 Å². The maximum Gasteiger partial charge on any atom is 0.404 e. The number of aryl methyl sites for hydroxylation is 1. The van der Waals surface area contributed by atoms with Gasteiger partial charge in [-0.3, -0.25) is 0 Å². The van der Waals surface area contributed by atoms with E-state index in [-0.39, 0.29) is 5.92 Å². The van der Waals surface area contributed by atoms with E-state index in [0.717, 1.165) is 30.7 Å². The molecular formula is C9H13N3O2. The summed E-state index contributed by atoms with van der Waals surface area (Å²) >= 11 is 0. The monoisotopic (exact) mass is 195 g/mol. The molecule has 5 nitrogen and oxygen atoms in total. The third-order valence-corrected chi connectivity index (χ3v) is 2.54. The number of imidazole rings is 1. The molecule has 1 atom stereocenters. The van der Waals surface area contributed by atoms with E-state index in [0.29, 0.717) is 6.61 Å². The third-order valence-electron chi connectivity index (χ3n) is 2.54. The summed E-state index contributed by atoms with van der Waals surface area (Å²) in [6, 6.07) is 0. The summed E-state index contributed by atoms with van der Waals surface area (Å²) < 4.78 is 4.79. The molecule has 1 unspecified atom stereocenters. The summed E-state index contributed by atoms with van der Waals surface area (Å²) in [5.41, 5.74) is 7.10. The predicted octanol–water partition coefficient (Wildman–Crippen LogP) is 0.925. The molecule has 1 heterocycles. The minimum atomic E-state index is -0.715. The van der Waals surface area contributed by atoms with E-state index < -0.39 is 6.09 Å². The number of nitrogens with two attached hydrogens (primary N) is 1. The van der Waals surface area contributed by atoms with Crippen LogP contribution in [0.4, 0.5) is 4.79 Å². The highest BCUT2D eigenvalue weighted by Crippen LogP contribution is 2.28. The van der Waals surface area contributed by atoms with Crippen LogP contribution in [-0.2, 0) is 11.2 Å². The molecule has 2 rings (SSSR count). The third kappa shape index (κ3) is 1.71. The number of hydrogen-bond acceptors (Lipinski definition) is 3. The number of ether oxygens (including phenoxy) is 1. The van der Waals surface area contributed by atoms with Gasteiger partial charge in [-0.25, -0.2) is 9.78 Å². The lowest BCUT2D eigenvalue weighted by molar-refractivity contribution is 0.145. The zero-order valence-corrected chi connectivity index (χ0v) is 7.82. The van der Waals surface area contributed by atoms with Gasteiger partial charge in [0.1, 0.15) is 6.61 Å². The van der Waals surface area contributed by atoms with E-state index in [2.05, 4.69) is 9.97 Å². The SMILES string of the molecule is NC(=O)OCC1CCCc2[nH]cnc21. The number of nitrogens with zero attached hydrogens (tertiary/aromatic N) is 1. The lowest BCUT2D eigenvalue weighted by Crippen LogP contribution is -2.20. The van der Waals surface area contributed by atoms with Crippen molar-refractivity contribution in [2.75, 3.05) is 6.61 Å². The zero-order chi connectivity index (χ0) is 9.97. The highest BCUT2D eigenvalue weighted by Gasteiger charge is 2.23. The maximum absolute atomic E-state index is 10.5. The Morgan fingerprint density at radius 3 is 3.43 bits per heavy atom. The number of aromatic nitrogens is 2. The number of fused-ring (bicyclic) bond motifs is 1. The Hall–Kier alpha value is -1.52. The van der Waals surface area contributed by atoms with Crippen LogP contribution < -0.4 is 5.73 Å². The summed E-state index contributed by atoms with van der Waals surface area (Å²) in [7, 11) is 0. The largest absolute Gasteiger partial charge is 0.449 e. The molecule has 3 N–H and O–H groups in total. The topological polar surface area (TPSA) is 81.0 Å². The number of rotatable bonds is 2. The molecule has 1 aromatic heterocycles. The summed E-state index contributed by atoms with van der Waals surface area (Å²) in [5.74, 6) is 0.206. The quantitative estimate of drug-likeness (QED) is 0.736. The second-order valence-corrected chi connectivity index (χ2v) is 3.49. The van der Waals surface area contributed by atoms with Crippen molar-refractivity contribution >= 4 is 6.09 Å². The first-order chi connectivity index (χ1) is 6.77. The van der Waals surface area contributed by atoms with Crippen LogP contribution in [0.25, 0.3) is 0 Å². The predicted molar refractivity (Wildman–Crippen MR) is 49.8 cm³/mol. The molecule has 0 spiro atoms. The molecule has 0 aromatic carbocycles. The van der Waals surface area contributed by atoms with Crippen LogP contribution in [0, 0.1) is 0 Å². The molecule has 0 saturated carbocycles. The molecule has 0 radical (unpaired) electrons. The molecule has 1 aromatic rings. The number of carbonyl (C=O) groups is 1. The maximum atomic E-state index is 10.5. The number of aromatic amines is 1. The van der Waals surface area contributed by atoms with Crippen LogP contribution in [0.5, 0.6) is 0 Å². The standard InChI is InChI=1S/C9H13N3O2/c10-9(13)14-4-6-2-1-3-7-8(6)12-5-11-7/h5-6H,1-4H2,(H2,10,13)(H,11,12). The zero-order valence-electron chi connectivity index (χ0n) is 7.82. The Morgan fingerprint density at radius 1 is 1.79 bits per heavy atom. The number of H-pyrrole nitrogens is 1. The summed E-state index contributed by atoms with van der Waals surface area (Å²) in [6.45, 7) is 0.340. The second kappa shape index (κ2) is 3.69. The first-order valence-electron chi connectivity index (χ1n) is 4.71. The fourth-order valence-corrected chi connectivity index (χ4v) is 1.89. The van der Waals surface area contributed by atoms with Gasteiger partial charge >= 0.3 is 6.09 Å². The van der Waals surface area contributed by atoms with Gasteiger partial charge in [-0.15, -0.1) is 0 Å². The lowest BCUT2D eigenvalue weighted by atomic mass is 9.91. The molecule has 76 valence electrons. The molecule has 0 fully saturated rings. The summed E-state index contributed by atoms with van der Waals surface area (Å²) in [5, 5.41) is 0. The van der Waals surface area contributed by atoms with Gasteiger partial charge in [-0.1, -0.05) is 0 Å². The smallest absolute Gasteiger partial charge is 0.404 e. The van der Waals surface area contributed by atoms with E-state index in [1.54, 1.807) is 6.33 Å².